The van der Waals surface area contributed by atoms with E-state index in [4.69, 9.17) is 21.4 Å². The van der Waals surface area contributed by atoms with Crippen molar-refractivity contribution in [3.05, 3.63) is 27.2 Å². The molecule has 0 amide bonds. The van der Waals surface area contributed by atoms with Crippen LogP contribution in [0.4, 0.5) is 13.2 Å². The molecule has 1 aliphatic heterocycles. The first-order valence-electron chi connectivity index (χ1n) is 5.14. The van der Waals surface area contributed by atoms with E-state index >= 15 is 0 Å². The third kappa shape index (κ3) is 2.81. The number of alkyl halides is 3. The molecule has 0 saturated carbocycles. The summed E-state index contributed by atoms with van der Waals surface area (Å²) in [6, 6.07) is 2.90. The Kier molecular flexibility index (Phi) is 3.70. The van der Waals surface area contributed by atoms with Crippen molar-refractivity contribution < 1.29 is 27.8 Å². The van der Waals surface area contributed by atoms with Crippen LogP contribution in [0.2, 0.25) is 5.02 Å². The van der Waals surface area contributed by atoms with Gasteiger partial charge in [0.15, 0.2) is 0 Å². The second-order valence-corrected chi connectivity index (χ2v) is 5.43. The predicted molar refractivity (Wildman–Crippen MR) is 64.5 cm³/mol. The zero-order valence-corrected chi connectivity index (χ0v) is 11.5. The van der Waals surface area contributed by atoms with E-state index in [1.807, 2.05) is 0 Å². The zero-order valence-electron chi connectivity index (χ0n) is 9.17. The topological polar surface area (TPSA) is 46.5 Å². The Bertz CT molecular complexity index is 533. The Morgan fingerprint density at radius 2 is 2.11 bits per heavy atom. The minimum Gasteiger partial charge on any atom is -0.481 e. The third-order valence-corrected chi connectivity index (χ3v) is 3.51. The second kappa shape index (κ2) is 4.86. The van der Waals surface area contributed by atoms with Crippen LogP contribution in [0.1, 0.15) is 5.56 Å². The molecular formula is C11H7BrClF3O3. The van der Waals surface area contributed by atoms with Gasteiger partial charge in [-0.3, -0.25) is 4.79 Å². The SMILES string of the molecule is O=C(O)C1Cc2cc(Br)cc(Cl)c2OC1C(F)(F)F. The molecule has 1 heterocycles. The van der Waals surface area contributed by atoms with Gasteiger partial charge in [0.2, 0.25) is 6.10 Å². The highest BCUT2D eigenvalue weighted by Gasteiger charge is 2.52. The van der Waals surface area contributed by atoms with Crippen LogP contribution in [0.3, 0.4) is 0 Å². The van der Waals surface area contributed by atoms with Gasteiger partial charge in [0, 0.05) is 4.47 Å². The van der Waals surface area contributed by atoms with Gasteiger partial charge in [-0.05, 0) is 24.1 Å². The number of hydrogen-bond acceptors (Lipinski definition) is 2. The highest BCUT2D eigenvalue weighted by molar-refractivity contribution is 9.10. The molecule has 2 unspecified atom stereocenters. The smallest absolute Gasteiger partial charge is 0.426 e. The van der Waals surface area contributed by atoms with E-state index in [0.717, 1.165) is 0 Å². The number of carbonyl (C=O) groups is 1. The Balaban J connectivity index is 2.48. The van der Waals surface area contributed by atoms with Crippen LogP contribution >= 0.6 is 27.5 Å². The lowest BCUT2D eigenvalue weighted by atomic mass is 9.90. The number of rotatable bonds is 1. The molecule has 104 valence electrons. The monoisotopic (exact) mass is 358 g/mol. The first-order chi connectivity index (χ1) is 8.70. The number of halogens is 5. The van der Waals surface area contributed by atoms with Gasteiger partial charge in [0.05, 0.1) is 5.02 Å². The maximum Gasteiger partial charge on any atom is 0.426 e. The Morgan fingerprint density at radius 1 is 1.47 bits per heavy atom. The highest BCUT2D eigenvalue weighted by atomic mass is 79.9. The lowest BCUT2D eigenvalue weighted by Crippen LogP contribution is -2.47. The summed E-state index contributed by atoms with van der Waals surface area (Å²) in [6.07, 6.45) is -7.44. The lowest BCUT2D eigenvalue weighted by molar-refractivity contribution is -0.217. The van der Waals surface area contributed by atoms with Crippen molar-refractivity contribution in [1.29, 1.82) is 0 Å². The molecule has 0 saturated heterocycles. The Labute approximate surface area is 119 Å². The van der Waals surface area contributed by atoms with Crippen LogP contribution in [0.5, 0.6) is 5.75 Å². The number of carboxylic acids is 1. The molecule has 3 nitrogen and oxygen atoms in total. The summed E-state index contributed by atoms with van der Waals surface area (Å²) >= 11 is 8.96. The molecule has 0 aromatic heterocycles. The molecular weight excluding hydrogens is 352 g/mol. The average Bonchev–Trinajstić information content (AvgIpc) is 2.25. The van der Waals surface area contributed by atoms with Crippen LogP contribution in [0.25, 0.3) is 0 Å². The fourth-order valence-corrected chi connectivity index (χ4v) is 2.88. The van der Waals surface area contributed by atoms with Gasteiger partial charge < -0.3 is 9.84 Å². The summed E-state index contributed by atoms with van der Waals surface area (Å²) in [7, 11) is 0. The maximum atomic E-state index is 12.8. The van der Waals surface area contributed by atoms with E-state index in [1.165, 1.54) is 12.1 Å². The first kappa shape index (κ1) is 14.5. The molecule has 1 aromatic carbocycles. The van der Waals surface area contributed by atoms with E-state index in [0.29, 0.717) is 10.0 Å². The third-order valence-electron chi connectivity index (χ3n) is 2.78. The van der Waals surface area contributed by atoms with Crippen molar-refractivity contribution in [3.8, 4) is 5.75 Å². The summed E-state index contributed by atoms with van der Waals surface area (Å²) in [5, 5.41) is 8.93. The normalized spacial score (nSPS) is 22.6. The molecule has 0 fully saturated rings. The number of hydrogen-bond donors (Lipinski definition) is 1. The van der Waals surface area contributed by atoms with Gasteiger partial charge in [-0.1, -0.05) is 27.5 Å². The molecule has 0 spiro atoms. The molecule has 1 aromatic rings. The molecule has 2 atom stereocenters. The van der Waals surface area contributed by atoms with Crippen molar-refractivity contribution in [1.82, 2.24) is 0 Å². The van der Waals surface area contributed by atoms with Gasteiger partial charge >= 0.3 is 12.1 Å². The highest BCUT2D eigenvalue weighted by Crippen LogP contribution is 2.43. The van der Waals surface area contributed by atoms with Crippen molar-refractivity contribution in [2.24, 2.45) is 5.92 Å². The van der Waals surface area contributed by atoms with Crippen LogP contribution in [0.15, 0.2) is 16.6 Å². The number of aliphatic carboxylic acids is 1. The molecule has 1 aliphatic rings. The average molecular weight is 360 g/mol. The summed E-state index contributed by atoms with van der Waals surface area (Å²) in [6.45, 7) is 0. The minimum absolute atomic E-state index is 0.0162. The Hall–Kier alpha value is -0.950. The van der Waals surface area contributed by atoms with Crippen LogP contribution in [-0.4, -0.2) is 23.4 Å². The summed E-state index contributed by atoms with van der Waals surface area (Å²) in [4.78, 5) is 11.0. The van der Waals surface area contributed by atoms with E-state index in [1.54, 1.807) is 0 Å². The van der Waals surface area contributed by atoms with Gasteiger partial charge in [-0.25, -0.2) is 0 Å². The second-order valence-electron chi connectivity index (χ2n) is 4.10. The lowest BCUT2D eigenvalue weighted by Gasteiger charge is -2.33. The number of carboxylic acid groups (broad SMARTS) is 1. The molecule has 0 bridgehead atoms. The van der Waals surface area contributed by atoms with Crippen LogP contribution < -0.4 is 4.74 Å². The summed E-state index contributed by atoms with van der Waals surface area (Å²) in [5.41, 5.74) is 0.340. The quantitative estimate of drug-likeness (QED) is 0.832. The van der Waals surface area contributed by atoms with Crippen molar-refractivity contribution in [2.45, 2.75) is 18.7 Å². The fraction of sp³-hybridized carbons (Fsp3) is 0.364. The maximum absolute atomic E-state index is 12.8. The molecule has 2 rings (SSSR count). The van der Waals surface area contributed by atoms with E-state index < -0.39 is 24.2 Å². The fourth-order valence-electron chi connectivity index (χ4n) is 1.96. The van der Waals surface area contributed by atoms with E-state index in [9.17, 15) is 18.0 Å². The number of ether oxygens (including phenoxy) is 1. The molecule has 0 radical (unpaired) electrons. The van der Waals surface area contributed by atoms with Gasteiger partial charge in [0.1, 0.15) is 11.7 Å². The van der Waals surface area contributed by atoms with Crippen LogP contribution in [-0.2, 0) is 11.2 Å². The van der Waals surface area contributed by atoms with E-state index in [-0.39, 0.29) is 17.2 Å². The largest absolute Gasteiger partial charge is 0.481 e. The van der Waals surface area contributed by atoms with Gasteiger partial charge in [-0.15, -0.1) is 0 Å². The van der Waals surface area contributed by atoms with Crippen molar-refractivity contribution in [2.75, 3.05) is 0 Å². The molecule has 8 heteroatoms. The van der Waals surface area contributed by atoms with Gasteiger partial charge in [0.25, 0.3) is 0 Å². The van der Waals surface area contributed by atoms with Crippen molar-refractivity contribution >= 4 is 33.5 Å². The van der Waals surface area contributed by atoms with Crippen molar-refractivity contribution in [3.63, 3.8) is 0 Å². The number of benzene rings is 1. The number of fused-ring (bicyclic) bond motifs is 1. The Morgan fingerprint density at radius 3 is 2.63 bits per heavy atom. The van der Waals surface area contributed by atoms with E-state index in [2.05, 4.69) is 15.9 Å². The zero-order chi connectivity index (χ0) is 14.4. The standard InChI is InChI=1S/C11H7BrClF3O3/c12-5-1-4-2-6(10(17)18)9(11(14,15)16)19-8(4)7(13)3-5/h1,3,6,9H,2H2,(H,17,18). The predicted octanol–water partition coefficient (Wildman–Crippen LogP) is 3.67. The summed E-state index contributed by atoms with van der Waals surface area (Å²) in [5.74, 6) is -3.34. The molecule has 19 heavy (non-hydrogen) atoms. The summed E-state index contributed by atoms with van der Waals surface area (Å²) < 4.78 is 43.8. The van der Waals surface area contributed by atoms with Gasteiger partial charge in [-0.2, -0.15) is 13.2 Å². The molecule has 0 aliphatic carbocycles. The minimum atomic E-state index is -4.77. The van der Waals surface area contributed by atoms with Crippen LogP contribution in [0, 0.1) is 5.92 Å². The first-order valence-corrected chi connectivity index (χ1v) is 6.31. The molecule has 1 N–H and O–H groups in total.